The molecule has 0 fully saturated rings. The SMILES string of the molecule is COCCN1Cc2cccc(C(=O)Nc3ccccc3Cl)c2C1=O. The quantitative estimate of drug-likeness (QED) is 0.906. The predicted octanol–water partition coefficient (Wildman–Crippen LogP) is 3.19. The largest absolute Gasteiger partial charge is 0.383 e. The number of hydrogen-bond donors (Lipinski definition) is 1. The number of methoxy groups -OCH3 is 1. The first-order valence-electron chi connectivity index (χ1n) is 7.58. The van der Waals surface area contributed by atoms with E-state index in [9.17, 15) is 9.59 Å². The van der Waals surface area contributed by atoms with Gasteiger partial charge in [-0.05, 0) is 23.8 Å². The van der Waals surface area contributed by atoms with Crippen molar-refractivity contribution in [2.75, 3.05) is 25.6 Å². The van der Waals surface area contributed by atoms with Crippen LogP contribution >= 0.6 is 11.6 Å². The molecule has 1 aliphatic rings. The molecular weight excluding hydrogens is 328 g/mol. The minimum Gasteiger partial charge on any atom is -0.383 e. The van der Waals surface area contributed by atoms with Crippen LogP contribution in [0, 0.1) is 0 Å². The molecule has 1 aliphatic heterocycles. The fourth-order valence-electron chi connectivity index (χ4n) is 2.74. The number of anilines is 1. The van der Waals surface area contributed by atoms with Crippen LogP contribution in [-0.2, 0) is 11.3 Å². The lowest BCUT2D eigenvalue weighted by Crippen LogP contribution is -2.28. The summed E-state index contributed by atoms with van der Waals surface area (Å²) in [6.07, 6.45) is 0. The number of benzene rings is 2. The molecule has 0 radical (unpaired) electrons. The van der Waals surface area contributed by atoms with Gasteiger partial charge < -0.3 is 15.0 Å². The number of rotatable bonds is 5. The van der Waals surface area contributed by atoms with Crippen molar-refractivity contribution in [3.8, 4) is 0 Å². The van der Waals surface area contributed by atoms with Gasteiger partial charge in [-0.15, -0.1) is 0 Å². The van der Waals surface area contributed by atoms with E-state index in [0.717, 1.165) is 5.56 Å². The van der Waals surface area contributed by atoms with Crippen LogP contribution in [0.5, 0.6) is 0 Å². The van der Waals surface area contributed by atoms with Crippen LogP contribution in [0.15, 0.2) is 42.5 Å². The lowest BCUT2D eigenvalue weighted by atomic mass is 10.0. The molecular formula is C18H17ClN2O3. The number of nitrogens with one attached hydrogen (secondary N) is 1. The van der Waals surface area contributed by atoms with Crippen molar-refractivity contribution >= 4 is 29.1 Å². The zero-order chi connectivity index (χ0) is 17.1. The van der Waals surface area contributed by atoms with Crippen molar-refractivity contribution in [3.05, 3.63) is 64.2 Å². The zero-order valence-electron chi connectivity index (χ0n) is 13.2. The van der Waals surface area contributed by atoms with Crippen LogP contribution in [0.25, 0.3) is 0 Å². The van der Waals surface area contributed by atoms with Gasteiger partial charge in [-0.2, -0.15) is 0 Å². The molecule has 0 atom stereocenters. The average molecular weight is 345 g/mol. The van der Waals surface area contributed by atoms with Gasteiger partial charge in [0.05, 0.1) is 28.4 Å². The number of carbonyl (C=O) groups is 2. The van der Waals surface area contributed by atoms with Gasteiger partial charge in [0.15, 0.2) is 0 Å². The van der Waals surface area contributed by atoms with Crippen molar-refractivity contribution in [1.29, 1.82) is 0 Å². The van der Waals surface area contributed by atoms with Crippen LogP contribution < -0.4 is 5.32 Å². The number of para-hydroxylation sites is 1. The van der Waals surface area contributed by atoms with Gasteiger partial charge in [0.25, 0.3) is 11.8 Å². The van der Waals surface area contributed by atoms with Gasteiger partial charge in [0.1, 0.15) is 0 Å². The Labute approximate surface area is 145 Å². The van der Waals surface area contributed by atoms with Crippen molar-refractivity contribution in [3.63, 3.8) is 0 Å². The van der Waals surface area contributed by atoms with E-state index in [1.165, 1.54) is 0 Å². The summed E-state index contributed by atoms with van der Waals surface area (Å²) in [5.41, 5.74) is 2.18. The standard InChI is InChI=1S/C18H17ClN2O3/c1-24-10-9-21-11-12-5-4-6-13(16(12)18(21)23)17(22)20-15-8-3-2-7-14(15)19/h2-8H,9-11H2,1H3,(H,20,22). The number of carbonyl (C=O) groups excluding carboxylic acids is 2. The first-order chi connectivity index (χ1) is 11.6. The first-order valence-corrected chi connectivity index (χ1v) is 7.95. The fourth-order valence-corrected chi connectivity index (χ4v) is 2.93. The topological polar surface area (TPSA) is 58.6 Å². The van der Waals surface area contributed by atoms with E-state index in [2.05, 4.69) is 5.32 Å². The summed E-state index contributed by atoms with van der Waals surface area (Å²) in [6, 6.07) is 12.3. The van der Waals surface area contributed by atoms with Gasteiger partial charge in [-0.3, -0.25) is 9.59 Å². The van der Waals surface area contributed by atoms with Gasteiger partial charge in [0.2, 0.25) is 0 Å². The number of fused-ring (bicyclic) bond motifs is 1. The van der Waals surface area contributed by atoms with Crippen molar-refractivity contribution in [2.24, 2.45) is 0 Å². The minimum absolute atomic E-state index is 0.146. The summed E-state index contributed by atoms with van der Waals surface area (Å²) in [6.45, 7) is 1.45. The second kappa shape index (κ2) is 7.03. The van der Waals surface area contributed by atoms with Crippen molar-refractivity contribution in [2.45, 2.75) is 6.54 Å². The monoisotopic (exact) mass is 344 g/mol. The van der Waals surface area contributed by atoms with Crippen LogP contribution in [-0.4, -0.2) is 37.0 Å². The number of ether oxygens (including phenoxy) is 1. The number of nitrogens with zero attached hydrogens (tertiary/aromatic N) is 1. The van der Waals surface area contributed by atoms with Crippen LogP contribution in [0.2, 0.25) is 5.02 Å². The minimum atomic E-state index is -0.345. The maximum atomic E-state index is 12.6. The van der Waals surface area contributed by atoms with E-state index in [1.807, 2.05) is 6.07 Å². The summed E-state index contributed by atoms with van der Waals surface area (Å²) in [5, 5.41) is 3.22. The molecule has 0 aliphatic carbocycles. The van der Waals surface area contributed by atoms with Gasteiger partial charge in [-0.1, -0.05) is 35.9 Å². The third kappa shape index (κ3) is 3.13. The fraction of sp³-hybridized carbons (Fsp3) is 0.222. The maximum Gasteiger partial charge on any atom is 0.256 e. The summed E-state index contributed by atoms with van der Waals surface area (Å²) in [5.74, 6) is -0.492. The van der Waals surface area contributed by atoms with E-state index in [4.69, 9.17) is 16.3 Å². The molecule has 0 unspecified atom stereocenters. The third-order valence-electron chi connectivity index (χ3n) is 3.95. The molecule has 5 nitrogen and oxygen atoms in total. The second-order valence-electron chi connectivity index (χ2n) is 5.49. The predicted molar refractivity (Wildman–Crippen MR) is 92.5 cm³/mol. The smallest absolute Gasteiger partial charge is 0.256 e. The Bertz CT molecular complexity index is 792. The maximum absolute atomic E-state index is 12.6. The van der Waals surface area contributed by atoms with Gasteiger partial charge in [0, 0.05) is 20.2 Å². The molecule has 24 heavy (non-hydrogen) atoms. The molecule has 2 aromatic rings. The zero-order valence-corrected chi connectivity index (χ0v) is 14.0. The molecule has 0 aromatic heterocycles. The number of hydrogen-bond acceptors (Lipinski definition) is 3. The Hall–Kier alpha value is -2.37. The molecule has 6 heteroatoms. The highest BCUT2D eigenvalue weighted by atomic mass is 35.5. The van der Waals surface area contributed by atoms with Crippen LogP contribution in [0.3, 0.4) is 0 Å². The molecule has 3 rings (SSSR count). The normalized spacial score (nSPS) is 13.1. The molecule has 0 bridgehead atoms. The molecule has 2 aromatic carbocycles. The molecule has 124 valence electrons. The first kappa shape index (κ1) is 16.5. The highest BCUT2D eigenvalue weighted by Crippen LogP contribution is 2.27. The number of halogens is 1. The average Bonchev–Trinajstić information content (AvgIpc) is 2.91. The third-order valence-corrected chi connectivity index (χ3v) is 4.27. The van der Waals surface area contributed by atoms with E-state index in [1.54, 1.807) is 48.4 Å². The van der Waals surface area contributed by atoms with E-state index in [-0.39, 0.29) is 11.8 Å². The molecule has 0 saturated heterocycles. The lowest BCUT2D eigenvalue weighted by molar-refractivity contribution is 0.0716. The Balaban J connectivity index is 1.87. The van der Waals surface area contributed by atoms with Crippen LogP contribution in [0.1, 0.15) is 26.3 Å². The second-order valence-corrected chi connectivity index (χ2v) is 5.90. The molecule has 1 N–H and O–H groups in total. The summed E-state index contributed by atoms with van der Waals surface area (Å²) in [4.78, 5) is 26.9. The van der Waals surface area contributed by atoms with Crippen molar-refractivity contribution < 1.29 is 14.3 Å². The van der Waals surface area contributed by atoms with E-state index < -0.39 is 0 Å². The highest BCUT2D eigenvalue weighted by molar-refractivity contribution is 6.34. The number of amides is 2. The summed E-state index contributed by atoms with van der Waals surface area (Å²) < 4.78 is 5.03. The van der Waals surface area contributed by atoms with Gasteiger partial charge >= 0.3 is 0 Å². The molecule has 0 spiro atoms. The Kier molecular flexibility index (Phi) is 4.83. The van der Waals surface area contributed by atoms with Crippen molar-refractivity contribution in [1.82, 2.24) is 4.90 Å². The Morgan fingerprint density at radius 3 is 2.79 bits per heavy atom. The Morgan fingerprint density at radius 1 is 1.25 bits per heavy atom. The van der Waals surface area contributed by atoms with E-state index >= 15 is 0 Å². The molecule has 1 heterocycles. The molecule has 0 saturated carbocycles. The van der Waals surface area contributed by atoms with Crippen LogP contribution in [0.4, 0.5) is 5.69 Å². The summed E-state index contributed by atoms with van der Waals surface area (Å²) >= 11 is 6.08. The Morgan fingerprint density at radius 2 is 2.04 bits per heavy atom. The van der Waals surface area contributed by atoms with E-state index in [0.29, 0.717) is 41.5 Å². The highest BCUT2D eigenvalue weighted by Gasteiger charge is 2.31. The van der Waals surface area contributed by atoms with Gasteiger partial charge in [-0.25, -0.2) is 0 Å². The molecule has 2 amide bonds. The lowest BCUT2D eigenvalue weighted by Gasteiger charge is -2.14. The summed E-state index contributed by atoms with van der Waals surface area (Å²) in [7, 11) is 1.59.